The van der Waals surface area contributed by atoms with Crippen molar-refractivity contribution in [1.82, 2.24) is 15.5 Å². The minimum Gasteiger partial charge on any atom is -0.385 e. The second kappa shape index (κ2) is 5.68. The summed E-state index contributed by atoms with van der Waals surface area (Å²) in [5.74, 6) is -0.212. The van der Waals surface area contributed by atoms with Crippen molar-refractivity contribution >= 4 is 11.9 Å². The van der Waals surface area contributed by atoms with E-state index >= 15 is 0 Å². The van der Waals surface area contributed by atoms with E-state index in [0.29, 0.717) is 23.9 Å². The van der Waals surface area contributed by atoms with Crippen LogP contribution < -0.4 is 10.6 Å². The Morgan fingerprint density at radius 1 is 1.12 bits per heavy atom. The number of piperidine rings is 1. The van der Waals surface area contributed by atoms with E-state index in [9.17, 15) is 14.7 Å². The fourth-order valence-electron chi connectivity index (χ4n) is 4.56. The van der Waals surface area contributed by atoms with Crippen LogP contribution in [0.4, 0.5) is 4.79 Å². The Hall–Kier alpha value is -1.18. The number of hydrogen-bond acceptors (Lipinski definition) is 4. The summed E-state index contributed by atoms with van der Waals surface area (Å²) in [6, 6.07) is -0.394. The molecule has 0 bridgehead atoms. The standard InChI is InChI=1S/C17H32N4O3/c1-15(2)10-17(11-16(3,4)19-15)13(23)20(14(24)18-17)8-12(22)9-21(5,6)7/h12,19,22H,8-11H2,1-7H3/p+1. The monoisotopic (exact) mass is 341 g/mol. The van der Waals surface area contributed by atoms with Gasteiger partial charge in [-0.2, -0.15) is 0 Å². The van der Waals surface area contributed by atoms with Gasteiger partial charge in [0.15, 0.2) is 0 Å². The van der Waals surface area contributed by atoms with Crippen molar-refractivity contribution in [3.05, 3.63) is 0 Å². The molecule has 0 aliphatic carbocycles. The largest absolute Gasteiger partial charge is 0.385 e. The number of aliphatic hydroxyl groups excluding tert-OH is 1. The molecular formula is C17H33N4O3+. The van der Waals surface area contributed by atoms with Crippen molar-refractivity contribution in [2.75, 3.05) is 34.2 Å². The number of nitrogens with zero attached hydrogens (tertiary/aromatic N) is 2. The van der Waals surface area contributed by atoms with Crippen molar-refractivity contribution in [3.8, 4) is 0 Å². The summed E-state index contributed by atoms with van der Waals surface area (Å²) in [5, 5.41) is 16.7. The Morgan fingerprint density at radius 3 is 2.08 bits per heavy atom. The van der Waals surface area contributed by atoms with Crippen molar-refractivity contribution in [1.29, 1.82) is 0 Å². The zero-order chi connectivity index (χ0) is 18.6. The maximum atomic E-state index is 13.1. The second-order valence-corrected chi connectivity index (χ2v) is 9.80. The van der Waals surface area contributed by atoms with Gasteiger partial charge in [-0.3, -0.25) is 9.69 Å². The van der Waals surface area contributed by atoms with Crippen molar-refractivity contribution in [2.24, 2.45) is 0 Å². The van der Waals surface area contributed by atoms with Gasteiger partial charge in [0.05, 0.1) is 27.7 Å². The predicted octanol–water partition coefficient (Wildman–Crippen LogP) is 0.285. The van der Waals surface area contributed by atoms with E-state index in [1.54, 1.807) is 0 Å². The van der Waals surface area contributed by atoms with Gasteiger partial charge in [0.25, 0.3) is 5.91 Å². The Morgan fingerprint density at radius 2 is 1.62 bits per heavy atom. The van der Waals surface area contributed by atoms with E-state index in [0.717, 1.165) is 0 Å². The molecule has 138 valence electrons. The number of hydrogen-bond donors (Lipinski definition) is 3. The fourth-order valence-corrected chi connectivity index (χ4v) is 4.56. The molecular weight excluding hydrogens is 308 g/mol. The van der Waals surface area contributed by atoms with E-state index in [-0.39, 0.29) is 23.5 Å². The molecule has 0 aromatic rings. The molecule has 7 heteroatoms. The smallest absolute Gasteiger partial charge is 0.325 e. The second-order valence-electron chi connectivity index (χ2n) is 9.80. The lowest BCUT2D eigenvalue weighted by atomic mass is 9.71. The van der Waals surface area contributed by atoms with E-state index in [4.69, 9.17) is 0 Å². The summed E-state index contributed by atoms with van der Waals surface area (Å²) in [6.07, 6.45) is 0.337. The number of nitrogens with one attached hydrogen (secondary N) is 2. The molecule has 1 unspecified atom stereocenters. The number of likely N-dealkylation sites (N-methyl/N-ethyl adjacent to an activating group) is 1. The maximum Gasteiger partial charge on any atom is 0.325 e. The molecule has 0 aromatic heterocycles. The lowest BCUT2D eigenvalue weighted by Crippen LogP contribution is -2.68. The van der Waals surface area contributed by atoms with E-state index in [1.807, 2.05) is 48.8 Å². The maximum absolute atomic E-state index is 13.1. The summed E-state index contributed by atoms with van der Waals surface area (Å²) < 4.78 is 0.569. The van der Waals surface area contributed by atoms with Gasteiger partial charge < -0.3 is 20.2 Å². The van der Waals surface area contributed by atoms with Gasteiger partial charge in [0.1, 0.15) is 18.2 Å². The van der Waals surface area contributed by atoms with Crippen molar-refractivity contribution in [3.63, 3.8) is 0 Å². The molecule has 2 aliphatic heterocycles. The topological polar surface area (TPSA) is 81.7 Å². The molecule has 1 atom stereocenters. The molecule has 2 rings (SSSR count). The molecule has 0 aromatic carbocycles. The van der Waals surface area contributed by atoms with Gasteiger partial charge >= 0.3 is 6.03 Å². The Bertz CT molecular complexity index is 520. The first-order valence-corrected chi connectivity index (χ1v) is 8.57. The van der Waals surface area contributed by atoms with E-state index < -0.39 is 17.7 Å². The minimum absolute atomic E-state index is 0.0379. The van der Waals surface area contributed by atoms with Gasteiger partial charge in [-0.1, -0.05) is 0 Å². The quantitative estimate of drug-likeness (QED) is 0.507. The van der Waals surface area contributed by atoms with Crippen LogP contribution in [0.25, 0.3) is 0 Å². The third kappa shape index (κ3) is 4.07. The molecule has 7 nitrogen and oxygen atoms in total. The van der Waals surface area contributed by atoms with Gasteiger partial charge in [0.2, 0.25) is 0 Å². The summed E-state index contributed by atoms with van der Waals surface area (Å²) in [5.41, 5.74) is -1.41. The van der Waals surface area contributed by atoms with Crippen LogP contribution in [-0.4, -0.2) is 83.4 Å². The Balaban J connectivity index is 2.19. The third-order valence-corrected chi connectivity index (χ3v) is 4.56. The van der Waals surface area contributed by atoms with Gasteiger partial charge in [-0.05, 0) is 40.5 Å². The Labute approximate surface area is 145 Å². The zero-order valence-corrected chi connectivity index (χ0v) is 16.1. The molecule has 2 aliphatic rings. The van der Waals surface area contributed by atoms with Gasteiger partial charge in [-0.25, -0.2) is 4.79 Å². The molecule has 0 saturated carbocycles. The Kier molecular flexibility index (Phi) is 4.53. The fraction of sp³-hybridized carbons (Fsp3) is 0.882. The number of amides is 3. The average Bonchev–Trinajstić information content (AvgIpc) is 2.46. The third-order valence-electron chi connectivity index (χ3n) is 4.56. The first-order valence-electron chi connectivity index (χ1n) is 8.57. The summed E-state index contributed by atoms with van der Waals surface area (Å²) >= 11 is 0. The number of β-amino-alcohol motifs (C(OH)–C–C–N with tert-alkyl or cyclic N) is 1. The predicted molar refractivity (Wildman–Crippen MR) is 92.4 cm³/mol. The number of imide groups is 1. The lowest BCUT2D eigenvalue weighted by Gasteiger charge is -2.50. The molecule has 3 amide bonds. The first-order chi connectivity index (χ1) is 10.6. The molecule has 3 N–H and O–H groups in total. The number of aliphatic hydroxyl groups is 1. The number of quaternary nitrogens is 1. The summed E-state index contributed by atoms with van der Waals surface area (Å²) in [7, 11) is 5.90. The molecule has 2 fully saturated rings. The number of carbonyl (C=O) groups excluding carboxylic acids is 2. The molecule has 1 spiro atoms. The summed E-state index contributed by atoms with van der Waals surface area (Å²) in [4.78, 5) is 26.7. The van der Waals surface area contributed by atoms with Crippen LogP contribution in [0.2, 0.25) is 0 Å². The zero-order valence-electron chi connectivity index (χ0n) is 16.1. The van der Waals surface area contributed by atoms with Crippen LogP contribution in [0.5, 0.6) is 0 Å². The van der Waals surface area contributed by atoms with Crippen LogP contribution >= 0.6 is 0 Å². The number of urea groups is 1. The van der Waals surface area contributed by atoms with E-state index in [1.165, 1.54) is 4.90 Å². The molecule has 2 saturated heterocycles. The number of carbonyl (C=O) groups is 2. The molecule has 2 heterocycles. The highest BCUT2D eigenvalue weighted by molar-refractivity contribution is 6.07. The number of rotatable bonds is 4. The molecule has 24 heavy (non-hydrogen) atoms. The van der Waals surface area contributed by atoms with Gasteiger partial charge in [-0.15, -0.1) is 0 Å². The van der Waals surface area contributed by atoms with Crippen molar-refractivity contribution < 1.29 is 19.2 Å². The first kappa shape index (κ1) is 19.1. The summed E-state index contributed by atoms with van der Waals surface area (Å²) in [6.45, 7) is 8.69. The van der Waals surface area contributed by atoms with E-state index in [2.05, 4.69) is 10.6 Å². The minimum atomic E-state index is -0.883. The molecule has 0 radical (unpaired) electrons. The highest BCUT2D eigenvalue weighted by Crippen LogP contribution is 2.39. The lowest BCUT2D eigenvalue weighted by molar-refractivity contribution is -0.873. The van der Waals surface area contributed by atoms with Crippen LogP contribution in [-0.2, 0) is 4.79 Å². The average molecular weight is 341 g/mol. The van der Waals surface area contributed by atoms with Gasteiger partial charge in [0, 0.05) is 11.1 Å². The highest BCUT2D eigenvalue weighted by Gasteiger charge is 2.58. The van der Waals surface area contributed by atoms with Crippen molar-refractivity contribution in [2.45, 2.75) is 63.3 Å². The highest BCUT2D eigenvalue weighted by atomic mass is 16.3. The van der Waals surface area contributed by atoms with Crippen LogP contribution in [0.3, 0.4) is 0 Å². The normalized spacial score (nSPS) is 26.6. The SMILES string of the molecule is CC1(C)CC2(CC(C)(C)N1)NC(=O)N(CC(O)C[N+](C)(C)C)C2=O. The van der Waals surface area contributed by atoms with Crippen LogP contribution in [0, 0.1) is 0 Å². The van der Waals surface area contributed by atoms with Crippen LogP contribution in [0.1, 0.15) is 40.5 Å². The van der Waals surface area contributed by atoms with Crippen LogP contribution in [0.15, 0.2) is 0 Å².